The zero-order valence-electron chi connectivity index (χ0n) is 9.92. The van der Waals surface area contributed by atoms with E-state index >= 15 is 0 Å². The zero-order valence-corrected chi connectivity index (χ0v) is 10.7. The normalized spacial score (nSPS) is 10.3. The van der Waals surface area contributed by atoms with Crippen molar-refractivity contribution in [3.8, 4) is 16.2 Å². The van der Waals surface area contributed by atoms with Crippen LogP contribution in [0, 0.1) is 0 Å². The first kappa shape index (κ1) is 12.6. The molecule has 0 unspecified atom stereocenters. The van der Waals surface area contributed by atoms with Crippen LogP contribution in [-0.2, 0) is 11.2 Å². The maximum Gasteiger partial charge on any atom is 0.303 e. The molecule has 2 aromatic rings. The highest BCUT2D eigenvalue weighted by Crippen LogP contribution is 2.35. The molecule has 0 aliphatic carbocycles. The fourth-order valence-corrected chi connectivity index (χ4v) is 2.60. The van der Waals surface area contributed by atoms with Gasteiger partial charge in [-0.1, -0.05) is 12.1 Å². The SMILES string of the molecule is COc1ccccc1-c1scnc1CCC(=O)O. The molecule has 1 N–H and O–H groups in total. The summed E-state index contributed by atoms with van der Waals surface area (Å²) in [6.07, 6.45) is 0.526. The zero-order chi connectivity index (χ0) is 13.0. The topological polar surface area (TPSA) is 59.4 Å². The minimum atomic E-state index is -0.811. The molecule has 0 saturated carbocycles. The van der Waals surface area contributed by atoms with Crippen LogP contribution in [0.1, 0.15) is 12.1 Å². The minimum absolute atomic E-state index is 0.0892. The number of thiazole rings is 1. The van der Waals surface area contributed by atoms with E-state index in [1.54, 1.807) is 12.6 Å². The number of aryl methyl sites for hydroxylation is 1. The number of carbonyl (C=O) groups is 1. The summed E-state index contributed by atoms with van der Waals surface area (Å²) in [4.78, 5) is 15.8. The van der Waals surface area contributed by atoms with Crippen molar-refractivity contribution in [1.29, 1.82) is 0 Å². The molecule has 18 heavy (non-hydrogen) atoms. The first-order chi connectivity index (χ1) is 8.72. The lowest BCUT2D eigenvalue weighted by molar-refractivity contribution is -0.136. The van der Waals surface area contributed by atoms with Crippen LogP contribution in [0.3, 0.4) is 0 Å². The second kappa shape index (κ2) is 5.64. The summed E-state index contributed by atoms with van der Waals surface area (Å²) in [5.41, 5.74) is 3.51. The molecule has 5 heteroatoms. The van der Waals surface area contributed by atoms with E-state index in [4.69, 9.17) is 9.84 Å². The van der Waals surface area contributed by atoms with E-state index in [1.165, 1.54) is 11.3 Å². The summed E-state index contributed by atoms with van der Waals surface area (Å²) in [5, 5.41) is 8.73. The summed E-state index contributed by atoms with van der Waals surface area (Å²) < 4.78 is 5.31. The largest absolute Gasteiger partial charge is 0.496 e. The molecule has 0 bridgehead atoms. The first-order valence-electron chi connectivity index (χ1n) is 5.50. The fraction of sp³-hybridized carbons (Fsp3) is 0.231. The number of hydrogen-bond acceptors (Lipinski definition) is 4. The van der Waals surface area contributed by atoms with Crippen molar-refractivity contribution in [3.63, 3.8) is 0 Å². The molecule has 1 aromatic heterocycles. The molecule has 94 valence electrons. The molecular formula is C13H13NO3S. The van der Waals surface area contributed by atoms with Crippen molar-refractivity contribution in [2.24, 2.45) is 0 Å². The number of benzene rings is 1. The predicted octanol–water partition coefficient (Wildman–Crippen LogP) is 2.84. The van der Waals surface area contributed by atoms with Gasteiger partial charge in [0.2, 0.25) is 0 Å². The number of para-hydroxylation sites is 1. The van der Waals surface area contributed by atoms with Gasteiger partial charge in [-0.15, -0.1) is 11.3 Å². The van der Waals surface area contributed by atoms with E-state index in [0.29, 0.717) is 6.42 Å². The molecule has 0 fully saturated rings. The molecule has 0 aliphatic rings. The molecule has 0 radical (unpaired) electrons. The maximum absolute atomic E-state index is 10.6. The number of hydrogen-bond donors (Lipinski definition) is 1. The van der Waals surface area contributed by atoms with Crippen LogP contribution in [0.5, 0.6) is 5.75 Å². The molecule has 0 saturated heterocycles. The fourth-order valence-electron chi connectivity index (χ4n) is 1.72. The van der Waals surface area contributed by atoms with Crippen molar-refractivity contribution in [2.45, 2.75) is 12.8 Å². The summed E-state index contributed by atoms with van der Waals surface area (Å²) in [7, 11) is 1.62. The standard InChI is InChI=1S/C13H13NO3S/c1-17-11-5-3-2-4-9(11)13-10(14-8-18-13)6-7-12(15)16/h2-5,8H,6-7H2,1H3,(H,15,16). The Bertz CT molecular complexity index is 551. The van der Waals surface area contributed by atoms with Gasteiger partial charge >= 0.3 is 5.97 Å². The highest BCUT2D eigenvalue weighted by Gasteiger charge is 2.13. The van der Waals surface area contributed by atoms with Gasteiger partial charge in [0.05, 0.1) is 29.6 Å². The Morgan fingerprint density at radius 2 is 2.22 bits per heavy atom. The summed E-state index contributed by atoms with van der Waals surface area (Å²) >= 11 is 1.50. The smallest absolute Gasteiger partial charge is 0.303 e. The van der Waals surface area contributed by atoms with E-state index < -0.39 is 5.97 Å². The monoisotopic (exact) mass is 263 g/mol. The van der Waals surface area contributed by atoms with E-state index in [0.717, 1.165) is 21.9 Å². The van der Waals surface area contributed by atoms with Crippen LogP contribution in [0.2, 0.25) is 0 Å². The van der Waals surface area contributed by atoms with Crippen LogP contribution in [0.4, 0.5) is 0 Å². The number of aromatic nitrogens is 1. The Morgan fingerprint density at radius 3 is 2.94 bits per heavy atom. The summed E-state index contributed by atoms with van der Waals surface area (Å²) in [6.45, 7) is 0. The third kappa shape index (κ3) is 2.68. The Labute approximate surface area is 109 Å². The number of rotatable bonds is 5. The number of aliphatic carboxylic acids is 1. The Morgan fingerprint density at radius 1 is 1.44 bits per heavy atom. The second-order valence-electron chi connectivity index (χ2n) is 3.72. The van der Waals surface area contributed by atoms with Crippen LogP contribution in [0.25, 0.3) is 10.4 Å². The molecule has 0 aliphatic heterocycles. The van der Waals surface area contributed by atoms with Crippen molar-refractivity contribution < 1.29 is 14.6 Å². The quantitative estimate of drug-likeness (QED) is 0.901. The van der Waals surface area contributed by atoms with Crippen LogP contribution < -0.4 is 4.74 Å². The number of carboxylic acid groups (broad SMARTS) is 1. The Kier molecular flexibility index (Phi) is 3.94. The van der Waals surface area contributed by atoms with Gasteiger partial charge in [-0.05, 0) is 12.1 Å². The summed E-state index contributed by atoms with van der Waals surface area (Å²) in [5.74, 6) is -0.0349. The third-order valence-corrected chi connectivity index (χ3v) is 3.47. The molecule has 0 amide bonds. The van der Waals surface area contributed by atoms with Gasteiger partial charge in [0.1, 0.15) is 5.75 Å². The second-order valence-corrected chi connectivity index (χ2v) is 4.58. The minimum Gasteiger partial charge on any atom is -0.496 e. The highest BCUT2D eigenvalue weighted by atomic mass is 32.1. The van der Waals surface area contributed by atoms with E-state index in [-0.39, 0.29) is 6.42 Å². The average Bonchev–Trinajstić information content (AvgIpc) is 2.84. The van der Waals surface area contributed by atoms with E-state index in [2.05, 4.69) is 4.98 Å². The predicted molar refractivity (Wildman–Crippen MR) is 70.1 cm³/mol. The molecule has 0 spiro atoms. The molecule has 1 aromatic carbocycles. The van der Waals surface area contributed by atoms with Gasteiger partial charge in [-0.25, -0.2) is 4.98 Å². The molecule has 0 atom stereocenters. The Hall–Kier alpha value is -1.88. The molecular weight excluding hydrogens is 250 g/mol. The van der Waals surface area contributed by atoms with E-state index in [9.17, 15) is 4.79 Å². The van der Waals surface area contributed by atoms with Gasteiger partial charge in [0.25, 0.3) is 0 Å². The number of ether oxygens (including phenoxy) is 1. The molecule has 4 nitrogen and oxygen atoms in total. The number of carboxylic acids is 1. The van der Waals surface area contributed by atoms with Gasteiger partial charge in [0, 0.05) is 12.0 Å². The average molecular weight is 263 g/mol. The van der Waals surface area contributed by atoms with Crippen LogP contribution >= 0.6 is 11.3 Å². The lowest BCUT2D eigenvalue weighted by Gasteiger charge is -2.07. The third-order valence-electron chi connectivity index (χ3n) is 2.57. The first-order valence-corrected chi connectivity index (χ1v) is 6.38. The molecule has 2 rings (SSSR count). The van der Waals surface area contributed by atoms with Crippen LogP contribution in [-0.4, -0.2) is 23.2 Å². The van der Waals surface area contributed by atoms with E-state index in [1.807, 2.05) is 24.3 Å². The lowest BCUT2D eigenvalue weighted by atomic mass is 10.1. The number of methoxy groups -OCH3 is 1. The molecule has 1 heterocycles. The highest BCUT2D eigenvalue weighted by molar-refractivity contribution is 7.13. The lowest BCUT2D eigenvalue weighted by Crippen LogP contribution is -1.99. The van der Waals surface area contributed by atoms with Crippen molar-refractivity contribution in [1.82, 2.24) is 4.98 Å². The summed E-state index contributed by atoms with van der Waals surface area (Å²) in [6, 6.07) is 7.67. The Balaban J connectivity index is 2.33. The van der Waals surface area contributed by atoms with Crippen molar-refractivity contribution >= 4 is 17.3 Å². The van der Waals surface area contributed by atoms with Gasteiger partial charge < -0.3 is 9.84 Å². The van der Waals surface area contributed by atoms with Gasteiger partial charge in [0.15, 0.2) is 0 Å². The van der Waals surface area contributed by atoms with Crippen LogP contribution in [0.15, 0.2) is 29.8 Å². The maximum atomic E-state index is 10.6. The van der Waals surface area contributed by atoms with Gasteiger partial charge in [-0.2, -0.15) is 0 Å². The number of nitrogens with zero attached hydrogens (tertiary/aromatic N) is 1. The van der Waals surface area contributed by atoms with Crippen molar-refractivity contribution in [2.75, 3.05) is 7.11 Å². The van der Waals surface area contributed by atoms with Gasteiger partial charge in [-0.3, -0.25) is 4.79 Å². The van der Waals surface area contributed by atoms with Crippen molar-refractivity contribution in [3.05, 3.63) is 35.5 Å².